The number of amides is 1. The quantitative estimate of drug-likeness (QED) is 0.187. The van der Waals surface area contributed by atoms with Crippen molar-refractivity contribution in [2.75, 3.05) is 5.32 Å². The van der Waals surface area contributed by atoms with Crippen molar-refractivity contribution in [2.45, 2.75) is 34.1 Å². The third-order valence-electron chi connectivity index (χ3n) is 6.55. The van der Waals surface area contributed by atoms with E-state index in [0.29, 0.717) is 17.8 Å². The maximum Gasteiger partial charge on any atom is 0.224 e. The molecule has 0 atom stereocenters. The van der Waals surface area contributed by atoms with Crippen LogP contribution in [0.25, 0.3) is 55.0 Å². The number of nitrogens with zero attached hydrogens (tertiary/aromatic N) is 3. The molecule has 9 heteroatoms. The number of nitrogens with one attached hydrogen (secondary N) is 3. The molecule has 0 bridgehead atoms. The summed E-state index contributed by atoms with van der Waals surface area (Å²) in [5, 5.41) is 11.7. The highest BCUT2D eigenvalue weighted by Crippen LogP contribution is 2.37. The average Bonchev–Trinajstić information content (AvgIpc) is 3.65. The number of pyridine rings is 2. The average molecular weight is 549 g/mol. The Morgan fingerprint density at radius 1 is 1.00 bits per heavy atom. The first kappa shape index (κ1) is 25.6. The molecule has 0 saturated carbocycles. The molecule has 0 unspecified atom stereocenters. The van der Waals surface area contributed by atoms with Gasteiger partial charge in [-0.15, -0.1) is 11.3 Å². The maximum atomic E-state index is 12.5. The Bertz CT molecular complexity index is 1910. The molecule has 40 heavy (non-hydrogen) atoms. The standard InChI is InChI=1S/C31H28N6O2S/c1-17(38)26-10-11-27(40-26)20-6-5-7-23-21(20)13-25(34-23)30-29-24(36-37-30)9-8-22(35-29)18-12-19(16-32-15-18)33-28(39)14-31(2,3)4/h5-13,15-16,34H,14H2,1-4H3,(H,33,39)(H,36,37). The highest BCUT2D eigenvalue weighted by atomic mass is 32.1. The number of thiophene rings is 1. The van der Waals surface area contributed by atoms with Crippen molar-refractivity contribution in [3.05, 3.63) is 71.9 Å². The molecule has 5 aromatic heterocycles. The number of benzene rings is 1. The van der Waals surface area contributed by atoms with Gasteiger partial charge in [0.25, 0.3) is 0 Å². The molecule has 0 aliphatic carbocycles. The predicted octanol–water partition coefficient (Wildman–Crippen LogP) is 7.47. The van der Waals surface area contributed by atoms with E-state index in [0.717, 1.165) is 54.2 Å². The number of hydrogen-bond donors (Lipinski definition) is 3. The maximum absolute atomic E-state index is 12.5. The fourth-order valence-corrected chi connectivity index (χ4v) is 5.69. The number of ketones is 1. The van der Waals surface area contributed by atoms with Crippen molar-refractivity contribution in [1.29, 1.82) is 0 Å². The molecule has 8 nitrogen and oxygen atoms in total. The van der Waals surface area contributed by atoms with Gasteiger partial charge in [0, 0.05) is 39.5 Å². The summed E-state index contributed by atoms with van der Waals surface area (Å²) in [4.78, 5) is 38.8. The summed E-state index contributed by atoms with van der Waals surface area (Å²) < 4.78 is 0. The van der Waals surface area contributed by atoms with Crippen LogP contribution in [-0.4, -0.2) is 36.8 Å². The smallest absolute Gasteiger partial charge is 0.224 e. The highest BCUT2D eigenvalue weighted by Gasteiger charge is 2.18. The minimum atomic E-state index is -0.107. The van der Waals surface area contributed by atoms with Gasteiger partial charge in [0.05, 0.1) is 33.7 Å². The van der Waals surface area contributed by atoms with E-state index < -0.39 is 0 Å². The van der Waals surface area contributed by atoms with Gasteiger partial charge in [-0.2, -0.15) is 5.10 Å². The number of H-pyrrole nitrogens is 2. The minimum Gasteiger partial charge on any atom is -0.353 e. The van der Waals surface area contributed by atoms with E-state index >= 15 is 0 Å². The van der Waals surface area contributed by atoms with Crippen molar-refractivity contribution in [3.63, 3.8) is 0 Å². The molecule has 0 fully saturated rings. The number of aromatic nitrogens is 5. The van der Waals surface area contributed by atoms with Crippen LogP contribution in [0.15, 0.2) is 67.0 Å². The SMILES string of the molecule is CC(=O)c1ccc(-c2cccc3[nH]c(-c4n[nH]c5ccc(-c6cncc(NC(=O)CC(C)(C)C)c6)nc45)cc23)s1. The van der Waals surface area contributed by atoms with Crippen LogP contribution in [0.1, 0.15) is 43.8 Å². The Kier molecular flexibility index (Phi) is 6.31. The zero-order chi connectivity index (χ0) is 28.0. The normalized spacial score (nSPS) is 11.8. The molecule has 6 aromatic rings. The molecule has 0 radical (unpaired) electrons. The summed E-state index contributed by atoms with van der Waals surface area (Å²) in [6, 6.07) is 17.8. The van der Waals surface area contributed by atoms with Crippen molar-refractivity contribution >= 4 is 50.7 Å². The fraction of sp³-hybridized carbons (Fsp3) is 0.194. The number of aromatic amines is 2. The molecule has 1 aromatic carbocycles. The van der Waals surface area contributed by atoms with E-state index in [1.54, 1.807) is 19.3 Å². The molecule has 5 heterocycles. The summed E-state index contributed by atoms with van der Waals surface area (Å²) in [6.45, 7) is 7.68. The van der Waals surface area contributed by atoms with Gasteiger partial charge in [-0.25, -0.2) is 4.98 Å². The zero-order valence-electron chi connectivity index (χ0n) is 22.6. The number of carbonyl (C=O) groups excluding carboxylic acids is 2. The summed E-state index contributed by atoms with van der Waals surface area (Å²) in [5.41, 5.74) is 7.15. The number of hydrogen-bond acceptors (Lipinski definition) is 6. The number of rotatable bonds is 6. The predicted molar refractivity (Wildman–Crippen MR) is 160 cm³/mol. The Balaban J connectivity index is 1.36. The molecular formula is C31H28N6O2S. The molecule has 1 amide bonds. The van der Waals surface area contributed by atoms with Crippen LogP contribution in [-0.2, 0) is 4.79 Å². The lowest BCUT2D eigenvalue weighted by atomic mass is 9.92. The van der Waals surface area contributed by atoms with Crippen molar-refractivity contribution in [2.24, 2.45) is 5.41 Å². The van der Waals surface area contributed by atoms with Crippen LogP contribution < -0.4 is 5.32 Å². The first-order chi connectivity index (χ1) is 19.1. The lowest BCUT2D eigenvalue weighted by molar-refractivity contribution is -0.117. The van der Waals surface area contributed by atoms with Gasteiger partial charge < -0.3 is 10.3 Å². The molecule has 0 aliphatic rings. The van der Waals surface area contributed by atoms with Crippen LogP contribution in [0, 0.1) is 5.41 Å². The monoisotopic (exact) mass is 548 g/mol. The Morgan fingerprint density at radius 3 is 2.62 bits per heavy atom. The molecule has 3 N–H and O–H groups in total. The van der Waals surface area contributed by atoms with Crippen LogP contribution in [0.3, 0.4) is 0 Å². The molecule has 0 saturated heterocycles. The van der Waals surface area contributed by atoms with Crippen LogP contribution in [0.4, 0.5) is 5.69 Å². The summed E-state index contributed by atoms with van der Waals surface area (Å²) in [5.74, 6) is 0.0151. The zero-order valence-corrected chi connectivity index (χ0v) is 23.4. The van der Waals surface area contributed by atoms with Crippen LogP contribution in [0.2, 0.25) is 0 Å². The van der Waals surface area contributed by atoms with Gasteiger partial charge in [0.2, 0.25) is 5.91 Å². The van der Waals surface area contributed by atoms with Gasteiger partial charge in [-0.1, -0.05) is 32.9 Å². The first-order valence-electron chi connectivity index (χ1n) is 13.0. The lowest BCUT2D eigenvalue weighted by Crippen LogP contribution is -2.19. The number of carbonyl (C=O) groups is 2. The Labute approximate surface area is 234 Å². The van der Waals surface area contributed by atoms with Gasteiger partial charge in [0.15, 0.2) is 5.78 Å². The summed E-state index contributed by atoms with van der Waals surface area (Å²) in [6.07, 6.45) is 3.79. The van der Waals surface area contributed by atoms with Crippen molar-refractivity contribution in [1.82, 2.24) is 25.1 Å². The Morgan fingerprint density at radius 2 is 1.85 bits per heavy atom. The molecule has 0 spiro atoms. The molecule has 6 rings (SSSR count). The third kappa shape index (κ3) is 5.03. The van der Waals surface area contributed by atoms with Gasteiger partial charge in [0.1, 0.15) is 11.2 Å². The van der Waals surface area contributed by atoms with E-state index in [1.807, 2.05) is 63.2 Å². The molecule has 0 aliphatic heterocycles. The van der Waals surface area contributed by atoms with Gasteiger partial charge in [-0.3, -0.25) is 19.7 Å². The lowest BCUT2D eigenvalue weighted by Gasteiger charge is -2.17. The van der Waals surface area contributed by atoms with Crippen LogP contribution in [0.5, 0.6) is 0 Å². The number of fused-ring (bicyclic) bond motifs is 2. The topological polar surface area (TPSA) is 116 Å². The van der Waals surface area contributed by atoms with Crippen molar-refractivity contribution in [3.8, 4) is 33.1 Å². The third-order valence-corrected chi connectivity index (χ3v) is 7.77. The second kappa shape index (κ2) is 9.84. The van der Waals surface area contributed by atoms with E-state index in [9.17, 15) is 9.59 Å². The van der Waals surface area contributed by atoms with E-state index in [2.05, 4.69) is 37.6 Å². The van der Waals surface area contributed by atoms with Gasteiger partial charge >= 0.3 is 0 Å². The summed E-state index contributed by atoms with van der Waals surface area (Å²) in [7, 11) is 0. The molecular weight excluding hydrogens is 520 g/mol. The number of Topliss-reactive ketones (excluding diaryl/α,β-unsaturated/α-hetero) is 1. The second-order valence-corrected chi connectivity index (χ2v) is 12.2. The minimum absolute atomic E-state index is 0.0507. The van der Waals surface area contributed by atoms with E-state index in [1.165, 1.54) is 11.3 Å². The van der Waals surface area contributed by atoms with Gasteiger partial charge in [-0.05, 0) is 54.8 Å². The van der Waals surface area contributed by atoms with E-state index in [4.69, 9.17) is 4.98 Å². The second-order valence-electron chi connectivity index (χ2n) is 11.1. The molecule has 200 valence electrons. The summed E-state index contributed by atoms with van der Waals surface area (Å²) >= 11 is 1.50. The number of anilines is 1. The fourth-order valence-electron chi connectivity index (χ4n) is 4.75. The largest absolute Gasteiger partial charge is 0.353 e. The first-order valence-corrected chi connectivity index (χ1v) is 13.8. The Hall–Kier alpha value is -4.63. The van der Waals surface area contributed by atoms with Crippen molar-refractivity contribution < 1.29 is 9.59 Å². The van der Waals surface area contributed by atoms with Crippen LogP contribution >= 0.6 is 11.3 Å². The van der Waals surface area contributed by atoms with E-state index in [-0.39, 0.29) is 17.1 Å². The highest BCUT2D eigenvalue weighted by molar-refractivity contribution is 7.17.